The first kappa shape index (κ1) is 30.9. The van der Waals surface area contributed by atoms with Crippen LogP contribution in [0.15, 0.2) is 46.9 Å². The molecule has 39 heavy (non-hydrogen) atoms. The fourth-order valence-corrected chi connectivity index (χ4v) is 7.33. The molecule has 3 heterocycles. The maximum Gasteiger partial charge on any atom is 0.244 e. The van der Waals surface area contributed by atoms with E-state index in [1.807, 2.05) is 18.2 Å². The number of aromatic nitrogens is 1. The molecule has 1 aromatic carbocycles. The zero-order chi connectivity index (χ0) is 27.1. The molecule has 4 atom stereocenters. The summed E-state index contributed by atoms with van der Waals surface area (Å²) in [5, 5.41) is 5.02. The van der Waals surface area contributed by atoms with Crippen LogP contribution in [0.1, 0.15) is 60.8 Å². The minimum atomic E-state index is -0.763. The molecular formula is C27H37ClN6O3S2. The molecule has 2 aliphatic heterocycles. The number of ketones is 1. The summed E-state index contributed by atoms with van der Waals surface area (Å²) in [6.45, 7) is 2.41. The number of nitrogens with zero attached hydrogens (tertiary/aromatic N) is 3. The number of carbonyl (C=O) groups excluding carboxylic acids is 3. The van der Waals surface area contributed by atoms with Crippen LogP contribution in [0.25, 0.3) is 0 Å². The summed E-state index contributed by atoms with van der Waals surface area (Å²) in [5.74, 6) is -0.0788. The Balaban J connectivity index is 0.00000420. The highest BCUT2D eigenvalue weighted by Crippen LogP contribution is 2.48. The van der Waals surface area contributed by atoms with Gasteiger partial charge in [0.15, 0.2) is 11.0 Å². The van der Waals surface area contributed by atoms with Crippen LogP contribution in [0.2, 0.25) is 0 Å². The topological polar surface area (TPSA) is 144 Å². The number of carbonyl (C=O) groups is 3. The number of thioether (sulfide) groups is 1. The zero-order valence-electron chi connectivity index (χ0n) is 22.1. The van der Waals surface area contributed by atoms with Gasteiger partial charge in [0.25, 0.3) is 0 Å². The summed E-state index contributed by atoms with van der Waals surface area (Å²) >= 11 is 2.89. The molecule has 2 amide bonds. The first-order valence-electron chi connectivity index (χ1n) is 13.1. The van der Waals surface area contributed by atoms with E-state index in [2.05, 4.69) is 34.3 Å². The Hall–Kier alpha value is -2.63. The van der Waals surface area contributed by atoms with Gasteiger partial charge in [-0.3, -0.25) is 19.4 Å². The molecule has 5 N–H and O–H groups in total. The van der Waals surface area contributed by atoms with Crippen molar-refractivity contribution < 1.29 is 14.4 Å². The van der Waals surface area contributed by atoms with Crippen molar-refractivity contribution in [2.45, 2.75) is 68.8 Å². The maximum absolute atomic E-state index is 13.7. The average molecular weight is 593 g/mol. The zero-order valence-corrected chi connectivity index (χ0v) is 24.5. The number of rotatable bonds is 12. The second-order valence-electron chi connectivity index (χ2n) is 10.0. The standard InChI is InChI=1S/C27H36N6O3S2.ClH/c1-27-13-12-19(10-5-9-18-7-3-2-4-8-18)25(36)33(27)21(17-38-27)23(35)32-20(11-6-14-31-26(28)29)22(34)24-30-15-16-37-24;/h2-4,7-8,15-16,19-21H,5-6,9-14,17H2,1H3,(H,32,35)(H4,28,29,31);1H/t19-,20?,21+,27+;/m1./s1. The molecule has 9 nitrogen and oxygen atoms in total. The molecule has 0 bridgehead atoms. The van der Waals surface area contributed by atoms with Crippen LogP contribution in [0.4, 0.5) is 0 Å². The van der Waals surface area contributed by atoms with Crippen LogP contribution in [0, 0.1) is 5.92 Å². The van der Waals surface area contributed by atoms with Crippen LogP contribution in [0.3, 0.4) is 0 Å². The van der Waals surface area contributed by atoms with Crippen LogP contribution in [-0.2, 0) is 16.0 Å². The van der Waals surface area contributed by atoms with Crippen LogP contribution < -0.4 is 16.8 Å². The van der Waals surface area contributed by atoms with Gasteiger partial charge in [0.05, 0.1) is 10.9 Å². The summed E-state index contributed by atoms with van der Waals surface area (Å²) in [6.07, 6.45) is 6.80. The Morgan fingerprint density at radius 2 is 2.03 bits per heavy atom. The predicted octanol–water partition coefficient (Wildman–Crippen LogP) is 3.38. The van der Waals surface area contributed by atoms with Crippen LogP contribution in [0.5, 0.6) is 0 Å². The van der Waals surface area contributed by atoms with Gasteiger partial charge in [-0.1, -0.05) is 30.3 Å². The number of benzene rings is 1. The van der Waals surface area contributed by atoms with Crippen molar-refractivity contribution in [2.75, 3.05) is 12.3 Å². The number of aryl methyl sites for hydroxylation is 1. The van der Waals surface area contributed by atoms with Crippen molar-refractivity contribution in [3.8, 4) is 0 Å². The first-order chi connectivity index (χ1) is 18.3. The van der Waals surface area contributed by atoms with Gasteiger partial charge in [0.2, 0.25) is 17.6 Å². The lowest BCUT2D eigenvalue weighted by molar-refractivity contribution is -0.149. The number of Topliss-reactive ketones (excluding diaryl/α,β-unsaturated/α-hetero) is 1. The molecule has 0 aliphatic carbocycles. The van der Waals surface area contributed by atoms with Gasteiger partial charge >= 0.3 is 0 Å². The number of halogens is 1. The summed E-state index contributed by atoms with van der Waals surface area (Å²) < 4.78 is 0. The summed E-state index contributed by atoms with van der Waals surface area (Å²) in [5.41, 5.74) is 12.1. The lowest BCUT2D eigenvalue weighted by Gasteiger charge is -2.44. The molecule has 4 rings (SSSR count). The minimum Gasteiger partial charge on any atom is -0.370 e. The van der Waals surface area contributed by atoms with E-state index < -0.39 is 17.0 Å². The van der Waals surface area contributed by atoms with Gasteiger partial charge in [-0.2, -0.15) is 0 Å². The fraction of sp³-hybridized carbons (Fsp3) is 0.519. The SMILES string of the molecule is C[C@]12CC[C@@H](CCCc3ccccc3)C(=O)N1[C@H](C(=O)NC(CCCN=C(N)N)C(=O)c1nccs1)CS2.Cl. The van der Waals surface area contributed by atoms with E-state index in [0.29, 0.717) is 30.1 Å². The third kappa shape index (κ3) is 7.73. The molecule has 0 spiro atoms. The molecule has 1 unspecified atom stereocenters. The van der Waals surface area contributed by atoms with E-state index in [1.165, 1.54) is 16.9 Å². The van der Waals surface area contributed by atoms with Gasteiger partial charge in [0.1, 0.15) is 6.04 Å². The van der Waals surface area contributed by atoms with Gasteiger partial charge in [-0.25, -0.2) is 4.98 Å². The third-order valence-corrected chi connectivity index (χ3v) is 9.59. The van der Waals surface area contributed by atoms with Gasteiger partial charge < -0.3 is 21.7 Å². The van der Waals surface area contributed by atoms with Crippen LogP contribution in [-0.4, -0.2) is 62.7 Å². The number of fused-ring (bicyclic) bond motifs is 1. The molecule has 2 aromatic rings. The molecule has 1 aromatic heterocycles. The molecular weight excluding hydrogens is 556 g/mol. The van der Waals surface area contributed by atoms with Crippen molar-refractivity contribution in [3.05, 3.63) is 52.5 Å². The van der Waals surface area contributed by atoms with Crippen molar-refractivity contribution in [1.29, 1.82) is 0 Å². The summed E-state index contributed by atoms with van der Waals surface area (Å²) in [7, 11) is 0. The second kappa shape index (κ2) is 14.1. The predicted molar refractivity (Wildman–Crippen MR) is 159 cm³/mol. The van der Waals surface area contributed by atoms with E-state index in [4.69, 9.17) is 11.5 Å². The lowest BCUT2D eigenvalue weighted by Crippen LogP contribution is -2.59. The van der Waals surface area contributed by atoms with E-state index >= 15 is 0 Å². The Kier molecular flexibility index (Phi) is 11.2. The number of hydrogen-bond donors (Lipinski definition) is 3. The number of hydrogen-bond acceptors (Lipinski definition) is 7. The Morgan fingerprint density at radius 1 is 1.26 bits per heavy atom. The largest absolute Gasteiger partial charge is 0.370 e. The number of nitrogens with two attached hydrogens (primary N) is 2. The highest BCUT2D eigenvalue weighted by molar-refractivity contribution is 8.00. The monoisotopic (exact) mass is 592 g/mol. The summed E-state index contributed by atoms with van der Waals surface area (Å²) in [6, 6.07) is 8.91. The number of aliphatic imine (C=N–C) groups is 1. The van der Waals surface area contributed by atoms with Gasteiger partial charge in [-0.05, 0) is 57.4 Å². The molecule has 2 fully saturated rings. The van der Waals surface area contributed by atoms with Crippen molar-refractivity contribution in [2.24, 2.45) is 22.4 Å². The highest BCUT2D eigenvalue weighted by atomic mass is 35.5. The highest BCUT2D eigenvalue weighted by Gasteiger charge is 2.53. The molecule has 0 saturated carbocycles. The normalized spacial score (nSPS) is 22.9. The molecule has 12 heteroatoms. The number of piperidine rings is 1. The van der Waals surface area contributed by atoms with Crippen molar-refractivity contribution in [1.82, 2.24) is 15.2 Å². The smallest absolute Gasteiger partial charge is 0.244 e. The molecule has 0 radical (unpaired) electrons. The molecule has 2 saturated heterocycles. The molecule has 2 aliphatic rings. The Morgan fingerprint density at radius 3 is 2.72 bits per heavy atom. The van der Waals surface area contributed by atoms with Crippen molar-refractivity contribution in [3.63, 3.8) is 0 Å². The average Bonchev–Trinajstić information content (AvgIpc) is 3.56. The van der Waals surface area contributed by atoms with Gasteiger partial charge in [-0.15, -0.1) is 35.5 Å². The lowest BCUT2D eigenvalue weighted by atomic mass is 9.87. The van der Waals surface area contributed by atoms with Crippen LogP contribution >= 0.6 is 35.5 Å². The maximum atomic E-state index is 13.7. The number of thiazole rings is 1. The van der Waals surface area contributed by atoms with E-state index in [0.717, 1.165) is 32.1 Å². The number of amides is 2. The van der Waals surface area contributed by atoms with E-state index in [-0.39, 0.29) is 41.9 Å². The second-order valence-corrected chi connectivity index (χ2v) is 12.4. The number of nitrogens with one attached hydrogen (secondary N) is 1. The Bertz CT molecular complexity index is 1150. The first-order valence-corrected chi connectivity index (χ1v) is 15.0. The minimum absolute atomic E-state index is 0. The van der Waals surface area contributed by atoms with Crippen molar-refractivity contribution >= 4 is 59.1 Å². The van der Waals surface area contributed by atoms with E-state index in [1.54, 1.807) is 28.2 Å². The van der Waals surface area contributed by atoms with E-state index in [9.17, 15) is 14.4 Å². The molecule has 212 valence electrons. The quantitative estimate of drug-likeness (QED) is 0.148. The number of guanidine groups is 1. The Labute approximate surface area is 244 Å². The third-order valence-electron chi connectivity index (χ3n) is 7.30. The summed E-state index contributed by atoms with van der Waals surface area (Å²) in [4.78, 5) is 49.9. The van der Waals surface area contributed by atoms with Gasteiger partial charge in [0, 0.05) is 29.8 Å². The fourth-order valence-electron chi connectivity index (χ4n) is 5.27.